The fourth-order valence-corrected chi connectivity index (χ4v) is 10.4. The van der Waals surface area contributed by atoms with Crippen molar-refractivity contribution in [3.05, 3.63) is 125 Å². The van der Waals surface area contributed by atoms with Crippen molar-refractivity contribution < 1.29 is 35.5 Å². The number of benzene rings is 3. The molecule has 0 radical (unpaired) electrons. The minimum absolute atomic E-state index is 0.0633. The summed E-state index contributed by atoms with van der Waals surface area (Å²) in [6.07, 6.45) is 0.319. The maximum absolute atomic E-state index is 14.1. The number of carbonyl (C=O) groups excluding carboxylic acids is 1. The Kier molecular flexibility index (Phi) is 12.8. The fraction of sp³-hybridized carbons (Fsp3) is 0.432. The molecule has 59 heavy (non-hydrogen) atoms. The minimum atomic E-state index is -4.40. The molecule has 1 amide bonds. The van der Waals surface area contributed by atoms with Gasteiger partial charge in [-0.05, 0) is 117 Å². The first-order chi connectivity index (χ1) is 27.5. The van der Waals surface area contributed by atoms with Gasteiger partial charge in [-0.2, -0.15) is 13.2 Å². The maximum Gasteiger partial charge on any atom is 0.416 e. The van der Waals surface area contributed by atoms with Crippen LogP contribution in [0.25, 0.3) is 0 Å². The second-order valence-corrected chi connectivity index (χ2v) is 25.1. The van der Waals surface area contributed by atoms with Gasteiger partial charge in [-0.15, -0.1) is 11.8 Å². The Bertz CT molecular complexity index is 2230. The van der Waals surface area contributed by atoms with E-state index >= 15 is 0 Å². The van der Waals surface area contributed by atoms with Crippen LogP contribution >= 0.6 is 11.8 Å². The Balaban J connectivity index is 1.15. The summed E-state index contributed by atoms with van der Waals surface area (Å²) < 4.78 is 81.7. The average Bonchev–Trinajstić information content (AvgIpc) is 3.82. The number of halogens is 3. The lowest BCUT2D eigenvalue weighted by Gasteiger charge is -2.43. The summed E-state index contributed by atoms with van der Waals surface area (Å²) in [6.45, 7) is 16.6. The molecule has 4 atom stereocenters. The Morgan fingerprint density at radius 3 is 2.17 bits per heavy atom. The number of anilines is 1. The van der Waals surface area contributed by atoms with E-state index in [-0.39, 0.29) is 28.1 Å². The van der Waals surface area contributed by atoms with Crippen LogP contribution in [0.1, 0.15) is 94.3 Å². The first-order valence-electron chi connectivity index (χ1n) is 19.7. The van der Waals surface area contributed by atoms with E-state index < -0.39 is 47.9 Å². The SMILES string of the molecule is CC(C)(C)OC(=O)N1[C@H](Cc2ccc(NS(=O)(=O)c3ccc(C4=NC(c5ccc(C(F)(F)F)cc5)CS4)cc3)cc2)CC[C@@H]1[C@H](O[Si](C)(C)C(C)(C)C)c1cccnc1. The number of amides is 1. The van der Waals surface area contributed by atoms with Crippen molar-refractivity contribution in [2.75, 3.05) is 10.5 Å². The maximum atomic E-state index is 14.1. The monoisotopic (exact) mass is 866 g/mol. The Morgan fingerprint density at radius 1 is 0.932 bits per heavy atom. The first kappa shape index (κ1) is 44.4. The van der Waals surface area contributed by atoms with Gasteiger partial charge < -0.3 is 9.16 Å². The number of aromatic nitrogens is 1. The molecule has 1 fully saturated rings. The van der Waals surface area contributed by atoms with Crippen LogP contribution in [-0.2, 0) is 31.8 Å². The van der Waals surface area contributed by atoms with Crippen LogP contribution in [0.15, 0.2) is 107 Å². The third-order valence-electron chi connectivity index (χ3n) is 11.1. The number of thioether (sulfide) groups is 1. The molecule has 1 N–H and O–H groups in total. The summed E-state index contributed by atoms with van der Waals surface area (Å²) in [5.74, 6) is 0.566. The molecule has 0 spiro atoms. The van der Waals surface area contributed by atoms with Crippen LogP contribution in [0.5, 0.6) is 0 Å². The number of sulfonamides is 1. The van der Waals surface area contributed by atoms with Crippen LogP contribution < -0.4 is 4.72 Å². The molecule has 3 aromatic carbocycles. The topological polar surface area (TPSA) is 110 Å². The summed E-state index contributed by atoms with van der Waals surface area (Å²) >= 11 is 1.47. The van der Waals surface area contributed by atoms with Crippen molar-refractivity contribution in [3.63, 3.8) is 0 Å². The van der Waals surface area contributed by atoms with Crippen LogP contribution in [0.2, 0.25) is 18.1 Å². The number of hydrogen-bond donors (Lipinski definition) is 1. The van der Waals surface area contributed by atoms with Gasteiger partial charge in [0.15, 0.2) is 8.32 Å². The van der Waals surface area contributed by atoms with Crippen molar-refractivity contribution in [2.24, 2.45) is 4.99 Å². The zero-order valence-electron chi connectivity index (χ0n) is 34.7. The molecular weight excluding hydrogens is 814 g/mol. The molecule has 0 aliphatic carbocycles. The predicted molar refractivity (Wildman–Crippen MR) is 231 cm³/mol. The summed E-state index contributed by atoms with van der Waals surface area (Å²) in [5, 5.41) is 0.628. The van der Waals surface area contributed by atoms with E-state index in [2.05, 4.69) is 43.6 Å². The van der Waals surface area contributed by atoms with Crippen molar-refractivity contribution in [1.82, 2.24) is 9.88 Å². The number of alkyl halides is 3. The first-order valence-corrected chi connectivity index (χ1v) is 25.1. The normalized spacial score (nSPS) is 19.7. The second kappa shape index (κ2) is 17.1. The summed E-state index contributed by atoms with van der Waals surface area (Å²) in [5.41, 5.74) is 2.23. The summed E-state index contributed by atoms with van der Waals surface area (Å²) in [6, 6.07) is 21.7. The molecule has 15 heteroatoms. The van der Waals surface area contributed by atoms with Crippen LogP contribution in [0.3, 0.4) is 0 Å². The molecule has 9 nitrogen and oxygen atoms in total. The highest BCUT2D eigenvalue weighted by Gasteiger charge is 2.48. The molecule has 6 rings (SSSR count). The quantitative estimate of drug-likeness (QED) is 0.150. The van der Waals surface area contributed by atoms with E-state index in [0.29, 0.717) is 34.9 Å². The highest BCUT2D eigenvalue weighted by atomic mass is 32.2. The van der Waals surface area contributed by atoms with Crippen molar-refractivity contribution in [2.45, 2.75) is 120 Å². The van der Waals surface area contributed by atoms with E-state index in [1.807, 2.05) is 56.1 Å². The number of carbonyl (C=O) groups is 1. The molecular formula is C44H53F3N4O5S2Si. The Labute approximate surface area is 351 Å². The number of pyridine rings is 1. The highest BCUT2D eigenvalue weighted by molar-refractivity contribution is 8.14. The van der Waals surface area contributed by atoms with E-state index in [0.717, 1.165) is 35.2 Å². The fourth-order valence-electron chi connectivity index (χ4n) is 6.98. The van der Waals surface area contributed by atoms with Gasteiger partial charge >= 0.3 is 12.3 Å². The number of hydrogen-bond acceptors (Lipinski definition) is 8. The van der Waals surface area contributed by atoms with Gasteiger partial charge in [-0.3, -0.25) is 19.6 Å². The lowest BCUT2D eigenvalue weighted by atomic mass is 10.0. The molecule has 2 aliphatic rings. The van der Waals surface area contributed by atoms with Gasteiger partial charge in [-0.1, -0.05) is 63.2 Å². The lowest BCUT2D eigenvalue weighted by molar-refractivity contribution is -0.137. The Morgan fingerprint density at radius 2 is 1.59 bits per heavy atom. The molecule has 1 aromatic heterocycles. The molecule has 316 valence electrons. The zero-order chi connectivity index (χ0) is 43.0. The minimum Gasteiger partial charge on any atom is -0.444 e. The van der Waals surface area contributed by atoms with E-state index in [4.69, 9.17) is 14.2 Å². The standard InChI is InChI=1S/C44H53F3N4O5S2Si/c1-42(2,3)55-41(52)51-35(21-24-38(51)39(32-10-9-25-48-27-32)56-59(7,8)43(4,5)6)26-29-11-19-34(20-12-29)50-58(53,54)36-22-15-31(16-23-36)40-49-37(28-57-40)30-13-17-33(18-14-30)44(45,46)47/h9-20,22-23,25,27,35,37-39,50H,21,24,26,28H2,1-8H3/t35-,37?,38+,39+/m0/s1. The summed E-state index contributed by atoms with van der Waals surface area (Å²) in [4.78, 5) is 25.1. The molecule has 4 aromatic rings. The van der Waals surface area contributed by atoms with Gasteiger partial charge in [-0.25, -0.2) is 13.2 Å². The van der Waals surface area contributed by atoms with Gasteiger partial charge in [0.1, 0.15) is 5.60 Å². The van der Waals surface area contributed by atoms with Crippen molar-refractivity contribution in [3.8, 4) is 0 Å². The summed E-state index contributed by atoms with van der Waals surface area (Å²) in [7, 11) is -6.24. The van der Waals surface area contributed by atoms with Gasteiger partial charge in [0.2, 0.25) is 0 Å². The third kappa shape index (κ3) is 10.8. The van der Waals surface area contributed by atoms with Crippen molar-refractivity contribution in [1.29, 1.82) is 0 Å². The molecule has 3 heterocycles. The molecule has 1 unspecified atom stereocenters. The third-order valence-corrected chi connectivity index (χ3v) is 18.1. The smallest absolute Gasteiger partial charge is 0.416 e. The molecule has 0 bridgehead atoms. The molecule has 2 aliphatic heterocycles. The van der Waals surface area contributed by atoms with Crippen LogP contribution in [0, 0.1) is 0 Å². The number of rotatable bonds is 11. The largest absolute Gasteiger partial charge is 0.444 e. The highest BCUT2D eigenvalue weighted by Crippen LogP contribution is 2.44. The van der Waals surface area contributed by atoms with Gasteiger partial charge in [0.25, 0.3) is 10.0 Å². The van der Waals surface area contributed by atoms with E-state index in [1.54, 1.807) is 30.5 Å². The number of nitrogens with zero attached hydrogens (tertiary/aromatic N) is 3. The van der Waals surface area contributed by atoms with E-state index in [9.17, 15) is 26.4 Å². The molecule has 0 saturated carbocycles. The number of aliphatic imine (C=N–C) groups is 1. The number of ether oxygens (including phenoxy) is 1. The second-order valence-electron chi connectivity index (χ2n) is 17.7. The average molecular weight is 867 g/mol. The Hall–Kier alpha value is -4.18. The molecule has 1 saturated heterocycles. The zero-order valence-corrected chi connectivity index (χ0v) is 37.3. The lowest BCUT2D eigenvalue weighted by Crippen LogP contribution is -2.50. The van der Waals surface area contributed by atoms with E-state index in [1.165, 1.54) is 36.0 Å². The predicted octanol–water partition coefficient (Wildman–Crippen LogP) is 11.2. The number of nitrogens with one attached hydrogen (secondary N) is 1. The number of likely N-dealkylation sites (tertiary alicyclic amines) is 1. The van der Waals surface area contributed by atoms with Gasteiger partial charge in [0.05, 0.1) is 33.7 Å². The van der Waals surface area contributed by atoms with Gasteiger partial charge in [0, 0.05) is 35.4 Å². The van der Waals surface area contributed by atoms with Crippen molar-refractivity contribution >= 4 is 46.9 Å². The van der Waals surface area contributed by atoms with Crippen LogP contribution in [0.4, 0.5) is 23.7 Å². The van der Waals surface area contributed by atoms with Crippen LogP contribution in [-0.4, -0.2) is 61.2 Å².